The first kappa shape index (κ1) is 10.2. The average Bonchev–Trinajstić information content (AvgIpc) is 2.61. The van der Waals surface area contributed by atoms with Gasteiger partial charge in [-0.1, -0.05) is 12.2 Å². The van der Waals surface area contributed by atoms with Crippen LogP contribution in [0, 0.1) is 11.3 Å². The third-order valence-corrected chi connectivity index (χ3v) is 4.69. The molecule has 0 aliphatic heterocycles. The molecule has 0 amide bonds. The van der Waals surface area contributed by atoms with E-state index >= 15 is 0 Å². The summed E-state index contributed by atoms with van der Waals surface area (Å²) in [5, 5.41) is 0. The van der Waals surface area contributed by atoms with Gasteiger partial charge in [0, 0.05) is 5.41 Å². The topological polar surface area (TPSA) is 43.4 Å². The summed E-state index contributed by atoms with van der Waals surface area (Å²) in [6, 6.07) is 0. The monoisotopic (exact) mass is 216 g/mol. The number of fused-ring (bicyclic) bond motifs is 2. The molecule has 14 heavy (non-hydrogen) atoms. The van der Waals surface area contributed by atoms with E-state index in [1.807, 2.05) is 0 Å². The van der Waals surface area contributed by atoms with Crippen LogP contribution in [0.25, 0.3) is 0 Å². The van der Waals surface area contributed by atoms with Gasteiger partial charge in [-0.05, 0) is 32.1 Å². The highest BCUT2D eigenvalue weighted by Gasteiger charge is 2.43. The number of hydrogen-bond donors (Lipinski definition) is 0. The molecule has 1 fully saturated rings. The second-order valence-corrected chi connectivity index (χ2v) is 5.97. The normalized spacial score (nSPS) is 35.4. The molecule has 80 valence electrons. The van der Waals surface area contributed by atoms with Crippen LogP contribution in [-0.4, -0.2) is 20.8 Å². The van der Waals surface area contributed by atoms with Gasteiger partial charge in [-0.3, -0.25) is 4.18 Å². The van der Waals surface area contributed by atoms with Crippen LogP contribution in [0.3, 0.4) is 0 Å². The lowest BCUT2D eigenvalue weighted by molar-refractivity contribution is 0.323. The summed E-state index contributed by atoms with van der Waals surface area (Å²) in [7, 11) is -3.31. The first-order chi connectivity index (χ1) is 6.55. The standard InChI is InChI=1S/C10H16O3S/c1-2-13-14(11,12)8-10-5-3-9(7-10)4-6-10/h3,5,9H,2,4,6-8H2,1H3. The Kier molecular flexibility index (Phi) is 2.43. The van der Waals surface area contributed by atoms with Crippen LogP contribution >= 0.6 is 0 Å². The minimum atomic E-state index is -3.31. The van der Waals surface area contributed by atoms with Crippen molar-refractivity contribution in [3.63, 3.8) is 0 Å². The zero-order valence-electron chi connectivity index (χ0n) is 8.40. The highest BCUT2D eigenvalue weighted by molar-refractivity contribution is 7.86. The Bertz CT molecular complexity index is 344. The van der Waals surface area contributed by atoms with E-state index in [0.29, 0.717) is 5.92 Å². The predicted molar refractivity (Wildman–Crippen MR) is 54.3 cm³/mol. The Morgan fingerprint density at radius 1 is 1.57 bits per heavy atom. The minimum absolute atomic E-state index is 0.0985. The minimum Gasteiger partial charge on any atom is -0.270 e. The number of allylic oxidation sites excluding steroid dienone is 2. The SMILES string of the molecule is CCOS(=O)(=O)CC12C=CC(CC1)C2. The predicted octanol–water partition coefficient (Wildman–Crippen LogP) is 1.71. The summed E-state index contributed by atoms with van der Waals surface area (Å²) in [6.45, 7) is 1.95. The van der Waals surface area contributed by atoms with Gasteiger partial charge in [0.2, 0.25) is 0 Å². The molecule has 2 aliphatic carbocycles. The summed E-state index contributed by atoms with van der Waals surface area (Å²) in [5.74, 6) is 0.785. The Morgan fingerprint density at radius 3 is 2.79 bits per heavy atom. The smallest absolute Gasteiger partial charge is 0.268 e. The fourth-order valence-corrected chi connectivity index (χ4v) is 4.11. The zero-order chi connectivity index (χ0) is 10.2. The van der Waals surface area contributed by atoms with Crippen LogP contribution in [0.5, 0.6) is 0 Å². The zero-order valence-corrected chi connectivity index (χ0v) is 9.22. The molecule has 4 heteroatoms. The second-order valence-electron chi connectivity index (χ2n) is 4.33. The third kappa shape index (κ3) is 1.86. The van der Waals surface area contributed by atoms with Crippen LogP contribution in [0.1, 0.15) is 26.2 Å². The molecule has 2 rings (SSSR count). The maximum atomic E-state index is 11.5. The van der Waals surface area contributed by atoms with Crippen molar-refractivity contribution in [2.45, 2.75) is 26.2 Å². The Balaban J connectivity index is 2.08. The van der Waals surface area contributed by atoms with Crippen molar-refractivity contribution < 1.29 is 12.6 Å². The van der Waals surface area contributed by atoms with Crippen molar-refractivity contribution in [3.05, 3.63) is 12.2 Å². The summed E-state index contributed by atoms with van der Waals surface area (Å²) < 4.78 is 27.8. The lowest BCUT2D eigenvalue weighted by Crippen LogP contribution is -2.25. The van der Waals surface area contributed by atoms with Crippen LogP contribution in [-0.2, 0) is 14.3 Å². The van der Waals surface area contributed by atoms with Crippen LogP contribution in [0.4, 0.5) is 0 Å². The third-order valence-electron chi connectivity index (χ3n) is 3.17. The highest BCUT2D eigenvalue weighted by Crippen LogP contribution is 2.49. The van der Waals surface area contributed by atoms with Crippen molar-refractivity contribution in [2.75, 3.05) is 12.4 Å². The van der Waals surface area contributed by atoms with E-state index in [-0.39, 0.29) is 17.8 Å². The van der Waals surface area contributed by atoms with Gasteiger partial charge >= 0.3 is 0 Å². The molecule has 2 aliphatic rings. The van der Waals surface area contributed by atoms with E-state index < -0.39 is 10.1 Å². The molecule has 0 spiro atoms. The summed E-state index contributed by atoms with van der Waals surface area (Å²) in [4.78, 5) is 0. The van der Waals surface area contributed by atoms with Gasteiger partial charge in [0.25, 0.3) is 10.1 Å². The van der Waals surface area contributed by atoms with Gasteiger partial charge < -0.3 is 0 Å². The van der Waals surface area contributed by atoms with E-state index in [1.165, 1.54) is 0 Å². The molecule has 0 saturated heterocycles. The van der Waals surface area contributed by atoms with Crippen LogP contribution in [0.15, 0.2) is 12.2 Å². The van der Waals surface area contributed by atoms with Gasteiger partial charge in [-0.2, -0.15) is 8.42 Å². The van der Waals surface area contributed by atoms with E-state index in [9.17, 15) is 8.42 Å². The molecule has 0 heterocycles. The molecule has 0 aromatic heterocycles. The van der Waals surface area contributed by atoms with Crippen molar-refractivity contribution in [2.24, 2.45) is 11.3 Å². The molecule has 2 bridgehead atoms. The van der Waals surface area contributed by atoms with Crippen LogP contribution in [0.2, 0.25) is 0 Å². The van der Waals surface area contributed by atoms with Crippen LogP contribution < -0.4 is 0 Å². The van der Waals surface area contributed by atoms with E-state index in [4.69, 9.17) is 4.18 Å². The largest absolute Gasteiger partial charge is 0.270 e. The van der Waals surface area contributed by atoms with Gasteiger partial charge in [0.15, 0.2) is 0 Å². The Labute approximate surface area is 85.3 Å². The fraction of sp³-hybridized carbons (Fsp3) is 0.800. The Hall–Kier alpha value is -0.350. The van der Waals surface area contributed by atoms with Crippen molar-refractivity contribution in [1.82, 2.24) is 0 Å². The van der Waals surface area contributed by atoms with E-state index in [0.717, 1.165) is 19.3 Å². The van der Waals surface area contributed by atoms with Crippen molar-refractivity contribution in [3.8, 4) is 0 Å². The molecular weight excluding hydrogens is 200 g/mol. The lowest BCUT2D eigenvalue weighted by atomic mass is 9.91. The molecule has 2 unspecified atom stereocenters. The number of rotatable bonds is 4. The van der Waals surface area contributed by atoms with E-state index in [2.05, 4.69) is 12.2 Å². The molecule has 1 saturated carbocycles. The first-order valence-corrected chi connectivity index (χ1v) is 6.69. The summed E-state index contributed by atoms with van der Waals surface area (Å²) in [5.41, 5.74) is -0.0985. The summed E-state index contributed by atoms with van der Waals surface area (Å²) in [6.07, 6.45) is 7.38. The highest BCUT2D eigenvalue weighted by atomic mass is 32.2. The maximum absolute atomic E-state index is 11.5. The maximum Gasteiger partial charge on any atom is 0.268 e. The molecule has 0 radical (unpaired) electrons. The van der Waals surface area contributed by atoms with Crippen molar-refractivity contribution in [1.29, 1.82) is 0 Å². The average molecular weight is 216 g/mol. The molecular formula is C10H16O3S. The Morgan fingerprint density at radius 2 is 2.36 bits per heavy atom. The van der Waals surface area contributed by atoms with Gasteiger partial charge in [0.1, 0.15) is 0 Å². The molecule has 0 aromatic carbocycles. The molecule has 3 nitrogen and oxygen atoms in total. The van der Waals surface area contributed by atoms with Gasteiger partial charge in [-0.25, -0.2) is 0 Å². The van der Waals surface area contributed by atoms with E-state index in [1.54, 1.807) is 6.92 Å². The second kappa shape index (κ2) is 3.35. The van der Waals surface area contributed by atoms with Gasteiger partial charge in [0.05, 0.1) is 12.4 Å². The number of hydrogen-bond acceptors (Lipinski definition) is 3. The lowest BCUT2D eigenvalue weighted by Gasteiger charge is -2.22. The van der Waals surface area contributed by atoms with Crippen molar-refractivity contribution >= 4 is 10.1 Å². The fourth-order valence-electron chi connectivity index (χ4n) is 2.61. The molecule has 0 aromatic rings. The quantitative estimate of drug-likeness (QED) is 0.531. The molecule has 0 N–H and O–H groups in total. The first-order valence-electron chi connectivity index (χ1n) is 5.12. The molecule has 2 atom stereocenters. The van der Waals surface area contributed by atoms with Gasteiger partial charge in [-0.15, -0.1) is 0 Å². The summed E-state index contributed by atoms with van der Waals surface area (Å²) >= 11 is 0.